The van der Waals surface area contributed by atoms with Crippen LogP contribution in [0.4, 0.5) is 0 Å². The summed E-state index contributed by atoms with van der Waals surface area (Å²) in [7, 11) is 0. The Kier molecular flexibility index (Phi) is 3.47. The first-order valence-electron chi connectivity index (χ1n) is 10.0. The molecule has 5 aliphatic rings. The van der Waals surface area contributed by atoms with Crippen LogP contribution in [-0.4, -0.2) is 0 Å². The van der Waals surface area contributed by atoms with Gasteiger partial charge in [-0.15, -0.1) is 0 Å². The van der Waals surface area contributed by atoms with Crippen molar-refractivity contribution in [2.75, 3.05) is 0 Å². The monoisotopic (exact) mass is 342 g/mol. The van der Waals surface area contributed by atoms with Crippen LogP contribution < -0.4 is 0 Å². The molecule has 5 rings (SSSR count). The molecule has 2 atom stereocenters. The van der Waals surface area contributed by atoms with Crippen molar-refractivity contribution in [3.8, 4) is 0 Å². The van der Waals surface area contributed by atoms with E-state index in [9.17, 15) is 0 Å². The number of allylic oxidation sites excluding steroid dienone is 8. The van der Waals surface area contributed by atoms with Gasteiger partial charge in [0.25, 0.3) is 0 Å². The van der Waals surface area contributed by atoms with Gasteiger partial charge in [0.15, 0.2) is 0 Å². The molecule has 4 aliphatic carbocycles. The second kappa shape index (κ2) is 5.33. The fraction of sp³-hybridized carbons (Fsp3) is 0.636. The Morgan fingerprint density at radius 3 is 1.57 bits per heavy atom. The van der Waals surface area contributed by atoms with Crippen molar-refractivity contribution in [3.05, 3.63) is 45.6 Å². The quantitative estimate of drug-likeness (QED) is 0.407. The van der Waals surface area contributed by atoms with Crippen molar-refractivity contribution in [1.82, 2.24) is 0 Å². The van der Waals surface area contributed by atoms with Gasteiger partial charge in [-0.05, 0) is 0 Å². The van der Waals surface area contributed by atoms with Crippen LogP contribution in [0.5, 0.6) is 0 Å². The van der Waals surface area contributed by atoms with Crippen LogP contribution in [0.15, 0.2) is 45.6 Å². The molecule has 0 saturated carbocycles. The molecular formula is C22H30Ti. The number of hydrogen-bond acceptors (Lipinski definition) is 0. The van der Waals surface area contributed by atoms with E-state index in [-0.39, 0.29) is 0 Å². The molecule has 0 spiro atoms. The summed E-state index contributed by atoms with van der Waals surface area (Å²) in [5.41, 5.74) is 11.2. The van der Waals surface area contributed by atoms with E-state index in [1.54, 1.807) is 11.1 Å². The maximum atomic E-state index is 2.79. The van der Waals surface area contributed by atoms with E-state index in [1.807, 2.05) is 22.3 Å². The molecule has 0 radical (unpaired) electrons. The van der Waals surface area contributed by atoms with Crippen molar-refractivity contribution in [3.63, 3.8) is 0 Å². The van der Waals surface area contributed by atoms with Gasteiger partial charge in [0.1, 0.15) is 0 Å². The average Bonchev–Trinajstić information content (AvgIpc) is 3.08. The zero-order valence-electron chi connectivity index (χ0n) is 14.9. The van der Waals surface area contributed by atoms with Gasteiger partial charge in [-0.25, -0.2) is 0 Å². The van der Waals surface area contributed by atoms with E-state index in [4.69, 9.17) is 0 Å². The third-order valence-electron chi connectivity index (χ3n) is 7.46. The SMILES string of the molecule is [CH3][Ti]1([CH3])[CH]2C(=CC3=C2CCCC3)CCC2=CC3=C(CCCC3)[CH]21. The van der Waals surface area contributed by atoms with E-state index in [1.165, 1.54) is 64.2 Å². The molecule has 0 bridgehead atoms. The first kappa shape index (κ1) is 15.0. The molecule has 0 amide bonds. The maximum absolute atomic E-state index is 2.79. The molecule has 1 saturated heterocycles. The van der Waals surface area contributed by atoms with Crippen LogP contribution in [0, 0.1) is 0 Å². The van der Waals surface area contributed by atoms with Gasteiger partial charge in [-0.2, -0.15) is 0 Å². The van der Waals surface area contributed by atoms with Crippen molar-refractivity contribution in [2.45, 2.75) is 83.1 Å². The Morgan fingerprint density at radius 2 is 1.09 bits per heavy atom. The average molecular weight is 342 g/mol. The molecule has 0 N–H and O–H groups in total. The van der Waals surface area contributed by atoms with E-state index >= 15 is 0 Å². The Morgan fingerprint density at radius 1 is 0.652 bits per heavy atom. The number of fused-ring (bicyclic) bond motifs is 4. The Balaban J connectivity index is 1.61. The summed E-state index contributed by atoms with van der Waals surface area (Å²) in [6, 6.07) is 0. The Bertz CT molecular complexity index is 625. The standard InChI is InChI=1S/C20H24.2CH3.Ti/c1-2-6-18-12-15(11-17(18)5-1)9-10-16-13-19-7-3-4-8-20(19)14-16;;;/h11-14H,1-10H2;2*1H3;. The minimum absolute atomic E-state index is 0.940. The van der Waals surface area contributed by atoms with Crippen LogP contribution >= 0.6 is 0 Å². The Hall–Kier alpha value is -0.326. The van der Waals surface area contributed by atoms with E-state index in [0.717, 1.165) is 8.45 Å². The third kappa shape index (κ3) is 2.14. The molecule has 23 heavy (non-hydrogen) atoms. The van der Waals surface area contributed by atoms with Gasteiger partial charge in [0, 0.05) is 0 Å². The van der Waals surface area contributed by atoms with Gasteiger partial charge in [0.2, 0.25) is 0 Å². The Labute approximate surface area is 145 Å². The van der Waals surface area contributed by atoms with E-state index in [0.29, 0.717) is 0 Å². The summed E-state index contributed by atoms with van der Waals surface area (Å²) in [5, 5.41) is 5.58. The van der Waals surface area contributed by atoms with Gasteiger partial charge >= 0.3 is 145 Å². The van der Waals surface area contributed by atoms with E-state index in [2.05, 4.69) is 22.6 Å². The molecular weight excluding hydrogens is 312 g/mol. The third-order valence-corrected chi connectivity index (χ3v) is 14.4. The molecule has 0 nitrogen and oxygen atoms in total. The molecule has 1 aliphatic heterocycles. The van der Waals surface area contributed by atoms with Crippen molar-refractivity contribution in [2.24, 2.45) is 0 Å². The van der Waals surface area contributed by atoms with Crippen LogP contribution in [0.1, 0.15) is 64.2 Å². The van der Waals surface area contributed by atoms with Gasteiger partial charge in [-0.3, -0.25) is 0 Å². The molecule has 2 unspecified atom stereocenters. The molecule has 1 heteroatoms. The minimum atomic E-state index is -1.98. The normalized spacial score (nSPS) is 35.0. The summed E-state index contributed by atoms with van der Waals surface area (Å²) >= 11 is -1.98. The molecule has 122 valence electrons. The molecule has 1 fully saturated rings. The van der Waals surface area contributed by atoms with Crippen LogP contribution in [0.2, 0.25) is 18.9 Å². The summed E-state index contributed by atoms with van der Waals surface area (Å²) in [4.78, 5) is 0. The summed E-state index contributed by atoms with van der Waals surface area (Å²) < 4.78 is 1.88. The van der Waals surface area contributed by atoms with Crippen LogP contribution in [0.25, 0.3) is 0 Å². The molecule has 1 heterocycles. The second-order valence-electron chi connectivity index (χ2n) is 9.14. The predicted octanol–water partition coefficient (Wildman–Crippen LogP) is 7.23. The first-order chi connectivity index (χ1) is 11.2. The fourth-order valence-corrected chi connectivity index (χ4v) is 14.7. The summed E-state index contributed by atoms with van der Waals surface area (Å²) in [6.45, 7) is 0. The number of hydrogen-bond donors (Lipinski definition) is 0. The van der Waals surface area contributed by atoms with Crippen molar-refractivity contribution >= 4 is 0 Å². The predicted molar refractivity (Wildman–Crippen MR) is 95.6 cm³/mol. The molecule has 0 aromatic rings. The molecule has 0 aromatic heterocycles. The van der Waals surface area contributed by atoms with Crippen LogP contribution in [0.3, 0.4) is 0 Å². The number of rotatable bonds is 0. The fourth-order valence-electron chi connectivity index (χ4n) is 6.70. The summed E-state index contributed by atoms with van der Waals surface area (Å²) in [5.74, 6) is 0. The van der Waals surface area contributed by atoms with Crippen LogP contribution in [-0.2, 0) is 16.6 Å². The van der Waals surface area contributed by atoms with E-state index < -0.39 is 16.6 Å². The topological polar surface area (TPSA) is 0 Å². The molecule has 0 aromatic carbocycles. The second-order valence-corrected chi connectivity index (χ2v) is 16.6. The van der Waals surface area contributed by atoms with Gasteiger partial charge < -0.3 is 0 Å². The van der Waals surface area contributed by atoms with Gasteiger partial charge in [-0.1, -0.05) is 0 Å². The zero-order valence-corrected chi connectivity index (χ0v) is 16.4. The van der Waals surface area contributed by atoms with Gasteiger partial charge in [0.05, 0.1) is 0 Å². The van der Waals surface area contributed by atoms with Crippen molar-refractivity contribution < 1.29 is 16.6 Å². The zero-order chi connectivity index (χ0) is 15.6. The van der Waals surface area contributed by atoms with Crippen molar-refractivity contribution in [1.29, 1.82) is 0 Å². The summed E-state index contributed by atoms with van der Waals surface area (Å²) in [6.07, 6.45) is 19.5. The first-order valence-corrected chi connectivity index (χ1v) is 14.9.